The molecule has 1 aliphatic heterocycles. The van der Waals surface area contributed by atoms with Gasteiger partial charge in [-0.1, -0.05) is 123 Å². The molecule has 0 saturated carbocycles. The minimum absolute atomic E-state index is 0.191. The highest BCUT2D eigenvalue weighted by molar-refractivity contribution is 7.22. The molecule has 6 heteroatoms. The zero-order valence-corrected chi connectivity index (χ0v) is 37.5. The Kier molecular flexibility index (Phi) is 9.51. The number of benzene rings is 9. The summed E-state index contributed by atoms with van der Waals surface area (Å²) in [4.78, 5) is 14.6. The number of aromatic nitrogens is 2. The summed E-state index contributed by atoms with van der Waals surface area (Å²) in [7, 11) is 0. The van der Waals surface area contributed by atoms with Gasteiger partial charge in [0.2, 0.25) is 0 Å². The van der Waals surface area contributed by atoms with E-state index in [0.717, 1.165) is 54.9 Å². The molecule has 0 atom stereocenters. The first-order valence-corrected chi connectivity index (χ1v) is 23.6. The largest absolute Gasteiger partial charge is 0.311 e. The number of nitrogens with zero attached hydrogens (tertiary/aromatic N) is 4. The Labute approximate surface area is 387 Å². The maximum absolute atomic E-state index is 5.01. The highest BCUT2D eigenvalue weighted by Gasteiger charge is 2.37. The maximum Gasteiger partial charge on any atom is 0.124 e. The van der Waals surface area contributed by atoms with Crippen LogP contribution >= 0.6 is 22.7 Å². The minimum atomic E-state index is -0.191. The Hall–Kier alpha value is -7.64. The molecule has 0 N–H and O–H groups in total. The van der Waals surface area contributed by atoms with Crippen molar-refractivity contribution in [1.29, 1.82) is 0 Å². The van der Waals surface area contributed by atoms with E-state index in [4.69, 9.17) is 9.97 Å². The molecule has 4 nitrogen and oxygen atoms in total. The number of rotatable bonds is 8. The third kappa shape index (κ3) is 6.99. The van der Waals surface area contributed by atoms with Crippen LogP contribution in [0.5, 0.6) is 0 Å². The normalized spacial score (nSPS) is 12.9. The molecule has 310 valence electrons. The van der Waals surface area contributed by atoms with Crippen LogP contribution in [0, 0.1) is 0 Å². The van der Waals surface area contributed by atoms with Gasteiger partial charge in [-0.15, -0.1) is 22.7 Å². The van der Waals surface area contributed by atoms with Crippen LogP contribution in [0.3, 0.4) is 0 Å². The van der Waals surface area contributed by atoms with Crippen molar-refractivity contribution in [2.75, 3.05) is 9.80 Å². The van der Waals surface area contributed by atoms with Crippen molar-refractivity contribution in [3.05, 3.63) is 230 Å². The zero-order valence-electron chi connectivity index (χ0n) is 35.9. The smallest absolute Gasteiger partial charge is 0.124 e. The zero-order chi connectivity index (χ0) is 43.5. The molecule has 0 fully saturated rings. The van der Waals surface area contributed by atoms with E-state index in [1.807, 2.05) is 6.07 Å². The molecule has 0 radical (unpaired) electrons. The second-order valence-corrected chi connectivity index (χ2v) is 19.1. The molecule has 65 heavy (non-hydrogen) atoms. The van der Waals surface area contributed by atoms with Crippen molar-refractivity contribution < 1.29 is 0 Å². The van der Waals surface area contributed by atoms with Crippen LogP contribution < -0.4 is 9.80 Å². The molecular weight excluding hydrogens is 829 g/mol. The van der Waals surface area contributed by atoms with Gasteiger partial charge in [0, 0.05) is 39.3 Å². The van der Waals surface area contributed by atoms with Crippen molar-refractivity contribution >= 4 is 77.2 Å². The van der Waals surface area contributed by atoms with E-state index in [-0.39, 0.29) is 5.41 Å². The number of hydrogen-bond donors (Lipinski definition) is 0. The summed E-state index contributed by atoms with van der Waals surface area (Å²) in [5.74, 6) is 0. The van der Waals surface area contributed by atoms with Crippen LogP contribution in [-0.4, -0.2) is 9.97 Å². The second-order valence-electron chi connectivity index (χ2n) is 17.1. The van der Waals surface area contributed by atoms with Gasteiger partial charge in [-0.3, -0.25) is 0 Å². The van der Waals surface area contributed by atoms with Crippen molar-refractivity contribution in [3.8, 4) is 43.4 Å². The van der Waals surface area contributed by atoms with Crippen molar-refractivity contribution in [1.82, 2.24) is 9.97 Å². The molecule has 11 aromatic rings. The van der Waals surface area contributed by atoms with E-state index in [1.54, 1.807) is 22.7 Å². The fourth-order valence-corrected chi connectivity index (χ4v) is 11.3. The highest BCUT2D eigenvalue weighted by atomic mass is 32.1. The summed E-state index contributed by atoms with van der Waals surface area (Å²) in [6.45, 7) is 4.69. The standard InChI is InChI=1S/C59H42N4S2/c1-59(2)49-14-6-9-17-53(49)63(54-37-30-44(38-50(54)59)58-61-52-16-8-11-19-56(52)65-58)48-33-26-42(27-34-48)40-22-20-39(21-23-40)41-24-31-46(32-25-41)62(45-12-4-3-5-13-45)47-35-28-43(29-36-47)57-60-51-15-7-10-18-55(51)64-57/h3-38H,1-2H3. The number of para-hydroxylation sites is 4. The SMILES string of the molecule is CC1(C)c2ccccc2N(c2ccc(-c3ccc(-c4ccc(N(c5ccccc5)c5ccc(-c6nc7ccccc7s6)cc5)cc4)cc3)cc2)c2ccc(-c3nc4ccccc4s3)cc21. The molecule has 1 aliphatic rings. The van der Waals surface area contributed by atoms with Gasteiger partial charge < -0.3 is 9.80 Å². The second kappa shape index (κ2) is 15.9. The average molecular weight is 871 g/mol. The van der Waals surface area contributed by atoms with E-state index in [0.29, 0.717) is 0 Å². The average Bonchev–Trinajstić information content (AvgIpc) is 4.01. The summed E-state index contributed by atoms with van der Waals surface area (Å²) in [6, 6.07) is 78.6. The van der Waals surface area contributed by atoms with Gasteiger partial charge in [-0.25, -0.2) is 9.97 Å². The van der Waals surface area contributed by atoms with Crippen LogP contribution in [0.25, 0.3) is 63.8 Å². The summed E-state index contributed by atoms with van der Waals surface area (Å²) in [5.41, 5.74) is 18.3. The molecule has 2 aromatic heterocycles. The van der Waals surface area contributed by atoms with Crippen molar-refractivity contribution in [3.63, 3.8) is 0 Å². The lowest BCUT2D eigenvalue weighted by atomic mass is 9.73. The Morgan fingerprint density at radius 1 is 0.385 bits per heavy atom. The fraction of sp³-hybridized carbons (Fsp3) is 0.0508. The fourth-order valence-electron chi connectivity index (χ4n) is 9.34. The van der Waals surface area contributed by atoms with Crippen molar-refractivity contribution in [2.45, 2.75) is 19.3 Å². The van der Waals surface area contributed by atoms with Gasteiger partial charge >= 0.3 is 0 Å². The Morgan fingerprint density at radius 3 is 1.40 bits per heavy atom. The monoisotopic (exact) mass is 870 g/mol. The molecule has 0 bridgehead atoms. The van der Waals surface area contributed by atoms with Gasteiger partial charge in [-0.2, -0.15) is 0 Å². The Bertz CT molecular complexity index is 3430. The summed E-state index contributed by atoms with van der Waals surface area (Å²) < 4.78 is 2.41. The Morgan fingerprint density at radius 2 is 0.815 bits per heavy atom. The first-order chi connectivity index (χ1) is 31.9. The van der Waals surface area contributed by atoms with Gasteiger partial charge in [0.1, 0.15) is 10.0 Å². The van der Waals surface area contributed by atoms with Crippen LogP contribution in [-0.2, 0) is 5.41 Å². The molecule has 0 aliphatic carbocycles. The third-order valence-corrected chi connectivity index (χ3v) is 14.9. The van der Waals surface area contributed by atoms with Gasteiger partial charge in [0.15, 0.2) is 0 Å². The lowest BCUT2D eigenvalue weighted by molar-refractivity contribution is 0.632. The third-order valence-electron chi connectivity index (χ3n) is 12.8. The van der Waals surface area contributed by atoms with E-state index in [2.05, 4.69) is 236 Å². The van der Waals surface area contributed by atoms with E-state index in [1.165, 1.54) is 54.2 Å². The molecule has 0 spiro atoms. The Balaban J connectivity index is 0.806. The molecule has 9 aromatic carbocycles. The van der Waals surface area contributed by atoms with E-state index >= 15 is 0 Å². The number of hydrogen-bond acceptors (Lipinski definition) is 6. The van der Waals surface area contributed by atoms with E-state index < -0.39 is 0 Å². The minimum Gasteiger partial charge on any atom is -0.311 e. The highest BCUT2D eigenvalue weighted by Crippen LogP contribution is 2.53. The molecule has 0 saturated heterocycles. The summed E-state index contributed by atoms with van der Waals surface area (Å²) >= 11 is 3.49. The maximum atomic E-state index is 5.01. The topological polar surface area (TPSA) is 32.3 Å². The van der Waals surface area contributed by atoms with Crippen LogP contribution in [0.2, 0.25) is 0 Å². The van der Waals surface area contributed by atoms with Crippen LogP contribution in [0.15, 0.2) is 218 Å². The molecular formula is C59H42N4S2. The number of thiazole rings is 2. The first-order valence-electron chi connectivity index (χ1n) is 22.0. The van der Waals surface area contributed by atoms with Crippen LogP contribution in [0.4, 0.5) is 34.1 Å². The van der Waals surface area contributed by atoms with Gasteiger partial charge in [-0.05, 0) is 143 Å². The van der Waals surface area contributed by atoms with E-state index in [9.17, 15) is 0 Å². The number of fused-ring (bicyclic) bond motifs is 4. The molecule has 0 unspecified atom stereocenters. The molecule has 0 amide bonds. The molecule has 3 heterocycles. The quantitative estimate of drug-likeness (QED) is 0.152. The first kappa shape index (κ1) is 39.0. The van der Waals surface area contributed by atoms with Gasteiger partial charge in [0.05, 0.1) is 31.8 Å². The predicted octanol–water partition coefficient (Wildman–Crippen LogP) is 17.2. The summed E-state index contributed by atoms with van der Waals surface area (Å²) in [6.07, 6.45) is 0. The van der Waals surface area contributed by atoms with Crippen molar-refractivity contribution in [2.24, 2.45) is 0 Å². The summed E-state index contributed by atoms with van der Waals surface area (Å²) in [5, 5.41) is 2.09. The predicted molar refractivity (Wildman–Crippen MR) is 276 cm³/mol. The van der Waals surface area contributed by atoms with Gasteiger partial charge in [0.25, 0.3) is 0 Å². The lowest BCUT2D eigenvalue weighted by Gasteiger charge is -2.42. The number of anilines is 6. The molecule has 12 rings (SSSR count). The lowest BCUT2D eigenvalue weighted by Crippen LogP contribution is -2.30. The van der Waals surface area contributed by atoms with Crippen LogP contribution in [0.1, 0.15) is 25.0 Å².